The van der Waals surface area contributed by atoms with Gasteiger partial charge in [-0.2, -0.15) is 8.42 Å². The minimum atomic E-state index is -3.81. The molecule has 0 bridgehead atoms. The monoisotopic (exact) mass is 462 g/mol. The van der Waals surface area contributed by atoms with Gasteiger partial charge in [0.15, 0.2) is 8.32 Å². The SMILES string of the molecule is Cc1ccc(S(=O)(=O)OCc2cc3c(cc2C)OC[C@H](O[Si](C)(C)C(C)(C)C)C3)cc1. The Morgan fingerprint density at radius 3 is 2.35 bits per heavy atom. The summed E-state index contributed by atoms with van der Waals surface area (Å²) < 4.78 is 43.0. The molecule has 0 aliphatic carbocycles. The smallest absolute Gasteiger partial charge is 0.297 e. The van der Waals surface area contributed by atoms with E-state index in [9.17, 15) is 8.42 Å². The molecular weight excluding hydrogens is 428 g/mol. The number of ether oxygens (including phenoxy) is 1. The largest absolute Gasteiger partial charge is 0.491 e. The van der Waals surface area contributed by atoms with E-state index in [0.29, 0.717) is 6.61 Å². The van der Waals surface area contributed by atoms with Crippen molar-refractivity contribution >= 4 is 18.4 Å². The fourth-order valence-corrected chi connectivity index (χ4v) is 5.52. The summed E-state index contributed by atoms with van der Waals surface area (Å²) in [6.07, 6.45) is 0.751. The summed E-state index contributed by atoms with van der Waals surface area (Å²) in [4.78, 5) is 0.167. The van der Waals surface area contributed by atoms with Crippen LogP contribution >= 0.6 is 0 Å². The van der Waals surface area contributed by atoms with Crippen LogP contribution in [-0.4, -0.2) is 29.4 Å². The Kier molecular flexibility index (Phi) is 6.72. The molecule has 5 nitrogen and oxygen atoms in total. The first-order valence-corrected chi connectivity index (χ1v) is 15.0. The van der Waals surface area contributed by atoms with Crippen molar-refractivity contribution in [2.75, 3.05) is 6.61 Å². The lowest BCUT2D eigenvalue weighted by molar-refractivity contribution is 0.0995. The molecule has 170 valence electrons. The third-order valence-electron chi connectivity index (χ3n) is 6.34. The Hall–Kier alpha value is -1.67. The van der Waals surface area contributed by atoms with Crippen LogP contribution in [0.15, 0.2) is 41.3 Å². The molecule has 0 saturated heterocycles. The molecule has 0 radical (unpaired) electrons. The fraction of sp³-hybridized carbons (Fsp3) is 0.500. The lowest BCUT2D eigenvalue weighted by Crippen LogP contribution is -2.46. The van der Waals surface area contributed by atoms with E-state index in [0.717, 1.165) is 34.4 Å². The maximum atomic E-state index is 12.6. The summed E-state index contributed by atoms with van der Waals surface area (Å²) >= 11 is 0. The summed E-state index contributed by atoms with van der Waals surface area (Å²) in [5, 5.41) is 0.129. The Bertz CT molecular complexity index is 1040. The molecule has 0 amide bonds. The van der Waals surface area contributed by atoms with E-state index in [1.807, 2.05) is 26.0 Å². The summed E-state index contributed by atoms with van der Waals surface area (Å²) in [6, 6.07) is 10.6. The van der Waals surface area contributed by atoms with Gasteiger partial charge < -0.3 is 9.16 Å². The summed E-state index contributed by atoms with van der Waals surface area (Å²) in [5.74, 6) is 0.845. The van der Waals surface area contributed by atoms with Crippen molar-refractivity contribution in [2.24, 2.45) is 0 Å². The molecule has 2 aromatic rings. The highest BCUT2D eigenvalue weighted by molar-refractivity contribution is 7.86. The van der Waals surface area contributed by atoms with Crippen LogP contribution in [0.1, 0.15) is 43.0 Å². The average molecular weight is 463 g/mol. The maximum absolute atomic E-state index is 12.6. The Morgan fingerprint density at radius 2 is 1.74 bits per heavy atom. The average Bonchev–Trinajstić information content (AvgIpc) is 2.66. The first-order valence-electron chi connectivity index (χ1n) is 10.7. The van der Waals surface area contributed by atoms with Gasteiger partial charge in [-0.1, -0.05) is 38.5 Å². The molecule has 0 N–H and O–H groups in total. The Balaban J connectivity index is 1.74. The molecule has 0 spiro atoms. The first kappa shape index (κ1) is 24.0. The molecule has 0 aromatic heterocycles. The number of hydrogen-bond acceptors (Lipinski definition) is 5. The van der Waals surface area contributed by atoms with Gasteiger partial charge in [-0.05, 0) is 72.9 Å². The van der Waals surface area contributed by atoms with Gasteiger partial charge in [0.1, 0.15) is 12.4 Å². The number of aryl methyl sites for hydroxylation is 2. The van der Waals surface area contributed by atoms with Crippen molar-refractivity contribution in [3.05, 3.63) is 58.7 Å². The normalized spacial score (nSPS) is 17.2. The van der Waals surface area contributed by atoms with Crippen molar-refractivity contribution in [1.82, 2.24) is 0 Å². The van der Waals surface area contributed by atoms with Gasteiger partial charge >= 0.3 is 0 Å². The zero-order chi connectivity index (χ0) is 23.0. The van der Waals surface area contributed by atoms with E-state index in [1.54, 1.807) is 24.3 Å². The van der Waals surface area contributed by atoms with Crippen LogP contribution in [0.3, 0.4) is 0 Å². The van der Waals surface area contributed by atoms with Crippen LogP contribution in [0.25, 0.3) is 0 Å². The van der Waals surface area contributed by atoms with E-state index >= 15 is 0 Å². The Morgan fingerprint density at radius 1 is 1.10 bits per heavy atom. The van der Waals surface area contributed by atoms with Crippen molar-refractivity contribution < 1.29 is 21.8 Å². The zero-order valence-corrected chi connectivity index (χ0v) is 21.4. The van der Waals surface area contributed by atoms with Crippen LogP contribution in [0.4, 0.5) is 0 Å². The van der Waals surface area contributed by atoms with Crippen LogP contribution in [0.2, 0.25) is 18.1 Å². The van der Waals surface area contributed by atoms with Gasteiger partial charge in [0, 0.05) is 6.42 Å². The molecular formula is C24H34O5SSi. The topological polar surface area (TPSA) is 61.8 Å². The van der Waals surface area contributed by atoms with Crippen molar-refractivity contribution in [2.45, 2.75) is 76.8 Å². The highest BCUT2D eigenvalue weighted by Crippen LogP contribution is 2.39. The van der Waals surface area contributed by atoms with Crippen LogP contribution < -0.4 is 4.74 Å². The predicted octanol–water partition coefficient (Wildman–Crippen LogP) is 5.53. The van der Waals surface area contributed by atoms with E-state index in [2.05, 4.69) is 33.9 Å². The third kappa shape index (κ3) is 5.58. The lowest BCUT2D eigenvalue weighted by atomic mass is 9.98. The number of rotatable bonds is 6. The van der Waals surface area contributed by atoms with Crippen LogP contribution in [0.5, 0.6) is 5.75 Å². The highest BCUT2D eigenvalue weighted by Gasteiger charge is 2.40. The quantitative estimate of drug-likeness (QED) is 0.417. The first-order chi connectivity index (χ1) is 14.3. The number of benzene rings is 2. The standard InChI is InChI=1S/C24H34O5SSi/c1-17-8-10-22(11-9-17)30(25,26)28-15-20-13-19-14-21(16-27-23(19)12-18(20)2)29-31(6,7)24(3,4)5/h8-13,21H,14-16H2,1-7H3/t21-/m1/s1. The Labute approximate surface area is 188 Å². The van der Waals surface area contributed by atoms with E-state index in [1.165, 1.54) is 0 Å². The highest BCUT2D eigenvalue weighted by atomic mass is 32.2. The molecule has 1 aliphatic heterocycles. The van der Waals surface area contributed by atoms with E-state index < -0.39 is 18.4 Å². The molecule has 7 heteroatoms. The molecule has 0 fully saturated rings. The third-order valence-corrected chi connectivity index (χ3v) is 12.2. The second-order valence-corrected chi connectivity index (χ2v) is 16.3. The number of fused-ring (bicyclic) bond motifs is 1. The second-order valence-electron chi connectivity index (χ2n) is 9.93. The molecule has 0 unspecified atom stereocenters. The molecule has 3 rings (SSSR count). The van der Waals surface area contributed by atoms with Gasteiger partial charge in [-0.3, -0.25) is 4.18 Å². The van der Waals surface area contributed by atoms with E-state index in [4.69, 9.17) is 13.3 Å². The molecule has 0 saturated carbocycles. The van der Waals surface area contributed by atoms with Crippen molar-refractivity contribution in [3.8, 4) is 5.75 Å². The molecule has 1 atom stereocenters. The molecule has 1 aliphatic rings. The minimum absolute atomic E-state index is 0.00107. The summed E-state index contributed by atoms with van der Waals surface area (Å²) in [7, 11) is -5.72. The lowest BCUT2D eigenvalue weighted by Gasteiger charge is -2.40. The maximum Gasteiger partial charge on any atom is 0.297 e. The molecule has 2 aromatic carbocycles. The van der Waals surface area contributed by atoms with Gasteiger partial charge in [0.25, 0.3) is 10.1 Å². The summed E-state index contributed by atoms with van der Waals surface area (Å²) in [5.41, 5.74) is 3.82. The van der Waals surface area contributed by atoms with Gasteiger partial charge in [-0.15, -0.1) is 0 Å². The van der Waals surface area contributed by atoms with Crippen molar-refractivity contribution in [1.29, 1.82) is 0 Å². The van der Waals surface area contributed by atoms with Gasteiger partial charge in [-0.25, -0.2) is 0 Å². The van der Waals surface area contributed by atoms with Gasteiger partial charge in [0.05, 0.1) is 17.6 Å². The van der Waals surface area contributed by atoms with E-state index in [-0.39, 0.29) is 22.6 Å². The minimum Gasteiger partial charge on any atom is -0.491 e. The predicted molar refractivity (Wildman–Crippen MR) is 126 cm³/mol. The van der Waals surface area contributed by atoms with Crippen molar-refractivity contribution in [3.63, 3.8) is 0 Å². The van der Waals surface area contributed by atoms with Crippen LogP contribution in [-0.2, 0) is 31.8 Å². The zero-order valence-electron chi connectivity index (χ0n) is 19.6. The fourth-order valence-electron chi connectivity index (χ4n) is 3.30. The summed E-state index contributed by atoms with van der Waals surface area (Å²) in [6.45, 7) is 15.6. The van der Waals surface area contributed by atoms with Crippen LogP contribution in [0, 0.1) is 13.8 Å². The second kappa shape index (κ2) is 8.69. The van der Waals surface area contributed by atoms with Gasteiger partial charge in [0.2, 0.25) is 0 Å². The number of hydrogen-bond donors (Lipinski definition) is 0. The molecule has 1 heterocycles. The molecule has 31 heavy (non-hydrogen) atoms.